The standard InChI is InChI=1S/C26H26F4N6O2/c27-18-5-2-1-4-17(18)25(6-3-7-25)33-23(37)35-10-8-24(15-35)9-11-36-21(24)13-19(34-36)16-12-20(22(31)32-14-16)38-26(28,29)30/h1-2,4-5,12-14H,3,6-11,15H2,(H2,31,32)(H,33,37)/t24-/m1/s1. The molecule has 0 bridgehead atoms. The number of amides is 2. The number of anilines is 1. The molecule has 0 unspecified atom stereocenters. The minimum atomic E-state index is -4.90. The number of aromatic nitrogens is 3. The molecule has 2 aliphatic heterocycles. The highest BCUT2D eigenvalue weighted by atomic mass is 19.4. The molecule has 1 saturated carbocycles. The second-order valence-corrected chi connectivity index (χ2v) is 10.3. The van der Waals surface area contributed by atoms with Gasteiger partial charge in [0.15, 0.2) is 11.6 Å². The number of hydrogen-bond acceptors (Lipinski definition) is 5. The van der Waals surface area contributed by atoms with Crippen molar-refractivity contribution in [3.63, 3.8) is 0 Å². The third kappa shape index (κ3) is 4.11. The first-order valence-corrected chi connectivity index (χ1v) is 12.5. The number of urea groups is 1. The first-order chi connectivity index (χ1) is 18.1. The maximum absolute atomic E-state index is 14.6. The number of carbonyl (C=O) groups is 1. The number of rotatable bonds is 4. The molecule has 1 spiro atoms. The largest absolute Gasteiger partial charge is 0.573 e. The topological polar surface area (TPSA) is 98.3 Å². The first-order valence-electron chi connectivity index (χ1n) is 12.5. The number of likely N-dealkylation sites (tertiary alicyclic amines) is 1. The second kappa shape index (κ2) is 8.60. The SMILES string of the molecule is Nc1ncc(-c2cc3n(n2)CC[C@@]32CCN(C(=O)NC3(c4ccccc4F)CCC3)C2)cc1OC(F)(F)F. The van der Waals surface area contributed by atoms with Gasteiger partial charge in [-0.05, 0) is 50.3 Å². The first kappa shape index (κ1) is 24.5. The number of nitrogens with zero attached hydrogens (tertiary/aromatic N) is 4. The fraction of sp³-hybridized carbons (Fsp3) is 0.423. The van der Waals surface area contributed by atoms with Crippen molar-refractivity contribution in [3.8, 4) is 17.0 Å². The van der Waals surface area contributed by atoms with Gasteiger partial charge in [-0.2, -0.15) is 5.10 Å². The lowest BCUT2D eigenvalue weighted by atomic mass is 9.71. The quantitative estimate of drug-likeness (QED) is 0.477. The molecule has 8 nitrogen and oxygen atoms in total. The number of nitrogen functional groups attached to an aromatic ring is 1. The van der Waals surface area contributed by atoms with Gasteiger partial charge in [0.1, 0.15) is 5.82 Å². The molecule has 1 atom stereocenters. The summed E-state index contributed by atoms with van der Waals surface area (Å²) >= 11 is 0. The lowest BCUT2D eigenvalue weighted by Gasteiger charge is -2.44. The maximum atomic E-state index is 14.6. The van der Waals surface area contributed by atoms with Crippen LogP contribution in [0.25, 0.3) is 11.3 Å². The van der Waals surface area contributed by atoms with E-state index in [4.69, 9.17) is 5.73 Å². The molecule has 3 N–H and O–H groups in total. The van der Waals surface area contributed by atoms with Gasteiger partial charge in [-0.25, -0.2) is 14.2 Å². The summed E-state index contributed by atoms with van der Waals surface area (Å²) in [5, 5.41) is 7.71. The van der Waals surface area contributed by atoms with Gasteiger partial charge in [0.25, 0.3) is 0 Å². The minimum absolute atomic E-state index is 0.223. The third-order valence-corrected chi connectivity index (χ3v) is 8.11. The van der Waals surface area contributed by atoms with E-state index in [9.17, 15) is 22.4 Å². The van der Waals surface area contributed by atoms with Crippen LogP contribution in [0.2, 0.25) is 0 Å². The number of pyridine rings is 1. The van der Waals surface area contributed by atoms with Crippen molar-refractivity contribution in [2.45, 2.75) is 56.0 Å². The highest BCUT2D eigenvalue weighted by Gasteiger charge is 2.49. The predicted octanol–water partition coefficient (Wildman–Crippen LogP) is 4.70. The monoisotopic (exact) mass is 530 g/mol. The molecule has 200 valence electrons. The van der Waals surface area contributed by atoms with Crippen LogP contribution in [-0.4, -0.2) is 45.1 Å². The summed E-state index contributed by atoms with van der Waals surface area (Å²) in [6.45, 7) is 1.63. The summed E-state index contributed by atoms with van der Waals surface area (Å²) < 4.78 is 58.7. The van der Waals surface area contributed by atoms with E-state index < -0.39 is 17.7 Å². The van der Waals surface area contributed by atoms with Gasteiger partial charge < -0.3 is 20.7 Å². The van der Waals surface area contributed by atoms with Crippen LogP contribution in [0.4, 0.5) is 28.2 Å². The van der Waals surface area contributed by atoms with Crippen molar-refractivity contribution >= 4 is 11.8 Å². The summed E-state index contributed by atoms with van der Waals surface area (Å²) in [6, 6.07) is 9.36. The zero-order valence-corrected chi connectivity index (χ0v) is 20.4. The molecule has 6 rings (SSSR count). The van der Waals surface area contributed by atoms with Crippen LogP contribution >= 0.6 is 0 Å². The summed E-state index contributed by atoms with van der Waals surface area (Å²) in [5.74, 6) is -1.27. The van der Waals surface area contributed by atoms with Crippen LogP contribution in [0.3, 0.4) is 0 Å². The van der Waals surface area contributed by atoms with Gasteiger partial charge in [0.2, 0.25) is 0 Å². The lowest BCUT2D eigenvalue weighted by Crippen LogP contribution is -2.55. The molecule has 12 heteroatoms. The van der Waals surface area contributed by atoms with Crippen LogP contribution in [0.5, 0.6) is 5.75 Å². The van der Waals surface area contributed by atoms with Gasteiger partial charge in [0.05, 0.1) is 11.2 Å². The van der Waals surface area contributed by atoms with Crippen LogP contribution in [0.15, 0.2) is 42.6 Å². The molecule has 4 heterocycles. The highest BCUT2D eigenvalue weighted by Crippen LogP contribution is 2.46. The average Bonchev–Trinajstić information content (AvgIpc) is 3.54. The van der Waals surface area contributed by atoms with E-state index >= 15 is 0 Å². The van der Waals surface area contributed by atoms with Gasteiger partial charge >= 0.3 is 12.4 Å². The number of alkyl halides is 3. The zero-order valence-electron chi connectivity index (χ0n) is 20.4. The summed E-state index contributed by atoms with van der Waals surface area (Å²) in [7, 11) is 0. The van der Waals surface area contributed by atoms with E-state index in [2.05, 4.69) is 20.1 Å². The average molecular weight is 531 g/mol. The highest BCUT2D eigenvalue weighted by molar-refractivity contribution is 5.76. The number of ether oxygens (including phenoxy) is 1. The lowest BCUT2D eigenvalue weighted by molar-refractivity contribution is -0.274. The zero-order chi connectivity index (χ0) is 26.7. The Morgan fingerprint density at radius 2 is 1.87 bits per heavy atom. The Morgan fingerprint density at radius 3 is 2.58 bits per heavy atom. The fourth-order valence-electron chi connectivity index (χ4n) is 5.99. The van der Waals surface area contributed by atoms with Crippen molar-refractivity contribution in [2.75, 3.05) is 18.8 Å². The third-order valence-electron chi connectivity index (χ3n) is 8.11. The number of fused-ring (bicyclic) bond motifs is 2. The molecular formula is C26H26F4N6O2. The van der Waals surface area contributed by atoms with Gasteiger partial charge in [-0.3, -0.25) is 4.68 Å². The molecule has 38 heavy (non-hydrogen) atoms. The normalized spacial score (nSPS) is 21.8. The number of hydrogen-bond donors (Lipinski definition) is 2. The van der Waals surface area contributed by atoms with E-state index in [0.717, 1.165) is 25.0 Å². The number of aryl methyl sites for hydroxylation is 1. The molecule has 3 aromatic rings. The van der Waals surface area contributed by atoms with Crippen LogP contribution in [-0.2, 0) is 17.5 Å². The van der Waals surface area contributed by atoms with E-state index in [0.29, 0.717) is 49.3 Å². The van der Waals surface area contributed by atoms with Crippen molar-refractivity contribution in [1.82, 2.24) is 25.0 Å². The molecule has 1 saturated heterocycles. The Labute approximate surface area is 215 Å². The summed E-state index contributed by atoms with van der Waals surface area (Å²) in [5.41, 5.74) is 6.79. The molecule has 1 aliphatic carbocycles. The molecule has 2 fully saturated rings. The van der Waals surface area contributed by atoms with Crippen molar-refractivity contribution < 1.29 is 27.1 Å². The fourth-order valence-corrected chi connectivity index (χ4v) is 5.99. The van der Waals surface area contributed by atoms with Crippen molar-refractivity contribution in [1.29, 1.82) is 0 Å². The Hall–Kier alpha value is -3.83. The molecule has 0 radical (unpaired) electrons. The Balaban J connectivity index is 1.21. The summed E-state index contributed by atoms with van der Waals surface area (Å²) in [6.07, 6.45) is 0.261. The number of nitrogens with two attached hydrogens (primary N) is 1. The number of carbonyl (C=O) groups excluding carboxylic acids is 1. The van der Waals surface area contributed by atoms with E-state index in [-0.39, 0.29) is 23.1 Å². The molecule has 3 aliphatic rings. The molecule has 2 aromatic heterocycles. The van der Waals surface area contributed by atoms with Crippen molar-refractivity contribution in [2.24, 2.45) is 0 Å². The molecule has 1 aromatic carbocycles. The molecular weight excluding hydrogens is 504 g/mol. The van der Waals surface area contributed by atoms with Crippen molar-refractivity contribution in [3.05, 3.63) is 59.7 Å². The number of nitrogens with one attached hydrogen (secondary N) is 1. The van der Waals surface area contributed by atoms with Crippen LogP contribution < -0.4 is 15.8 Å². The Bertz CT molecular complexity index is 1400. The van der Waals surface area contributed by atoms with Crippen LogP contribution in [0.1, 0.15) is 43.4 Å². The van der Waals surface area contributed by atoms with E-state index in [1.807, 2.05) is 10.7 Å². The van der Waals surface area contributed by atoms with Gasteiger partial charge in [-0.1, -0.05) is 18.2 Å². The van der Waals surface area contributed by atoms with E-state index in [1.165, 1.54) is 18.3 Å². The Morgan fingerprint density at radius 1 is 1.11 bits per heavy atom. The minimum Gasteiger partial charge on any atom is -0.402 e. The van der Waals surface area contributed by atoms with E-state index in [1.54, 1.807) is 23.1 Å². The van der Waals surface area contributed by atoms with Gasteiger partial charge in [0, 0.05) is 48.1 Å². The predicted molar refractivity (Wildman–Crippen MR) is 129 cm³/mol. The maximum Gasteiger partial charge on any atom is 0.573 e. The summed E-state index contributed by atoms with van der Waals surface area (Å²) in [4.78, 5) is 19.0. The Kier molecular flexibility index (Phi) is 5.55. The second-order valence-electron chi connectivity index (χ2n) is 10.3. The number of halogens is 4. The molecule has 2 amide bonds. The number of benzene rings is 1. The van der Waals surface area contributed by atoms with Gasteiger partial charge in [-0.15, -0.1) is 13.2 Å². The van der Waals surface area contributed by atoms with Crippen LogP contribution in [0, 0.1) is 5.82 Å². The smallest absolute Gasteiger partial charge is 0.402 e.